The van der Waals surface area contributed by atoms with Crippen molar-refractivity contribution in [3.05, 3.63) is 84.4 Å². The Hall–Kier alpha value is -3.32. The summed E-state index contributed by atoms with van der Waals surface area (Å²) in [5.41, 5.74) is 1.94. The van der Waals surface area contributed by atoms with E-state index in [4.69, 9.17) is 4.74 Å². The van der Waals surface area contributed by atoms with E-state index < -0.39 is 22.0 Å². The minimum Gasteiger partial charge on any atom is -0.457 e. The summed E-state index contributed by atoms with van der Waals surface area (Å²) in [7, 11) is -3.67. The van der Waals surface area contributed by atoms with Gasteiger partial charge in [-0.25, -0.2) is 8.42 Å². The fraction of sp³-hybridized carbons (Fsp3) is 0.208. The van der Waals surface area contributed by atoms with Crippen molar-refractivity contribution in [2.45, 2.75) is 26.3 Å². The zero-order chi connectivity index (χ0) is 22.4. The maximum Gasteiger partial charge on any atom is 0.248 e. The first-order valence-electron chi connectivity index (χ1n) is 9.98. The van der Waals surface area contributed by atoms with Gasteiger partial charge >= 0.3 is 0 Å². The number of sulfonamides is 1. The van der Waals surface area contributed by atoms with Crippen molar-refractivity contribution in [3.63, 3.8) is 0 Å². The van der Waals surface area contributed by atoms with Crippen molar-refractivity contribution in [1.29, 1.82) is 0 Å². The monoisotopic (exact) mass is 438 g/mol. The smallest absolute Gasteiger partial charge is 0.248 e. The summed E-state index contributed by atoms with van der Waals surface area (Å²) >= 11 is 0. The van der Waals surface area contributed by atoms with Crippen molar-refractivity contribution in [3.8, 4) is 11.5 Å². The van der Waals surface area contributed by atoms with Crippen LogP contribution in [0.15, 0.2) is 78.9 Å². The molecular formula is C24H26N2O4S. The highest BCUT2D eigenvalue weighted by atomic mass is 32.2. The molecule has 0 aliphatic rings. The molecule has 0 bridgehead atoms. The van der Waals surface area contributed by atoms with Gasteiger partial charge in [0.05, 0.1) is 11.9 Å². The molecule has 0 unspecified atom stereocenters. The number of aryl methyl sites for hydroxylation is 1. The molecule has 31 heavy (non-hydrogen) atoms. The largest absolute Gasteiger partial charge is 0.457 e. The van der Waals surface area contributed by atoms with Crippen LogP contribution in [0.3, 0.4) is 0 Å². The number of ether oxygens (including phenoxy) is 1. The summed E-state index contributed by atoms with van der Waals surface area (Å²) in [5, 5.41) is 2.82. The second-order valence-electron chi connectivity index (χ2n) is 7.25. The summed E-state index contributed by atoms with van der Waals surface area (Å²) in [4.78, 5) is 13.0. The second kappa shape index (κ2) is 9.66. The number of carbonyl (C=O) groups is 1. The average Bonchev–Trinajstić information content (AvgIpc) is 2.73. The van der Waals surface area contributed by atoms with Gasteiger partial charge in [-0.3, -0.25) is 9.10 Å². The van der Waals surface area contributed by atoms with Gasteiger partial charge in [-0.2, -0.15) is 0 Å². The van der Waals surface area contributed by atoms with Crippen molar-refractivity contribution >= 4 is 27.3 Å². The first-order chi connectivity index (χ1) is 14.8. The Balaban J connectivity index is 1.78. The Morgan fingerprint density at radius 2 is 1.61 bits per heavy atom. The van der Waals surface area contributed by atoms with Gasteiger partial charge in [-0.05, 0) is 67.4 Å². The zero-order valence-electron chi connectivity index (χ0n) is 17.8. The lowest BCUT2D eigenvalue weighted by Crippen LogP contribution is -2.47. The molecule has 1 amide bonds. The molecule has 0 fully saturated rings. The summed E-state index contributed by atoms with van der Waals surface area (Å²) in [6, 6.07) is 22.6. The fourth-order valence-corrected chi connectivity index (χ4v) is 4.49. The summed E-state index contributed by atoms with van der Waals surface area (Å²) in [6.45, 7) is 3.67. The van der Waals surface area contributed by atoms with Gasteiger partial charge in [0.25, 0.3) is 0 Å². The van der Waals surface area contributed by atoms with Crippen LogP contribution in [0, 0.1) is 6.92 Å². The van der Waals surface area contributed by atoms with Crippen molar-refractivity contribution in [2.24, 2.45) is 0 Å². The molecule has 162 valence electrons. The highest BCUT2D eigenvalue weighted by Gasteiger charge is 2.31. The molecule has 0 aromatic heterocycles. The summed E-state index contributed by atoms with van der Waals surface area (Å²) < 4.78 is 32.0. The van der Waals surface area contributed by atoms with Gasteiger partial charge in [0.15, 0.2) is 0 Å². The Kier molecular flexibility index (Phi) is 6.97. The molecular weight excluding hydrogens is 412 g/mol. The molecule has 0 aliphatic heterocycles. The van der Waals surface area contributed by atoms with Crippen LogP contribution in [0.2, 0.25) is 0 Å². The first-order valence-corrected chi connectivity index (χ1v) is 11.8. The molecule has 0 spiro atoms. The molecule has 0 saturated carbocycles. The third kappa shape index (κ3) is 5.86. The number of amides is 1. The third-order valence-corrected chi connectivity index (χ3v) is 5.87. The van der Waals surface area contributed by atoms with Crippen LogP contribution in [0.25, 0.3) is 0 Å². The number of benzene rings is 3. The summed E-state index contributed by atoms with van der Waals surface area (Å²) in [6.07, 6.45) is 1.43. The second-order valence-corrected chi connectivity index (χ2v) is 9.11. The molecule has 0 aliphatic carbocycles. The Morgan fingerprint density at radius 3 is 2.19 bits per heavy atom. The average molecular weight is 439 g/mol. The Labute approximate surface area is 183 Å². The van der Waals surface area contributed by atoms with Crippen molar-refractivity contribution in [2.75, 3.05) is 15.9 Å². The van der Waals surface area contributed by atoms with Crippen LogP contribution < -0.4 is 14.4 Å². The van der Waals surface area contributed by atoms with Crippen LogP contribution in [-0.4, -0.2) is 26.6 Å². The number of nitrogens with one attached hydrogen (secondary N) is 1. The van der Waals surface area contributed by atoms with E-state index in [-0.39, 0.29) is 0 Å². The van der Waals surface area contributed by atoms with Crippen LogP contribution in [0.5, 0.6) is 11.5 Å². The van der Waals surface area contributed by atoms with E-state index >= 15 is 0 Å². The maximum atomic E-state index is 13.0. The molecule has 6 nitrogen and oxygen atoms in total. The van der Waals surface area contributed by atoms with Crippen molar-refractivity contribution in [1.82, 2.24) is 0 Å². The molecule has 1 N–H and O–H groups in total. The number of para-hydroxylation sites is 1. The van der Waals surface area contributed by atoms with Gasteiger partial charge in [0, 0.05) is 5.69 Å². The fourth-order valence-electron chi connectivity index (χ4n) is 3.28. The van der Waals surface area contributed by atoms with Crippen LogP contribution in [0.1, 0.15) is 18.9 Å². The third-order valence-electron chi connectivity index (χ3n) is 4.69. The lowest BCUT2D eigenvalue weighted by atomic mass is 10.1. The van der Waals surface area contributed by atoms with Gasteiger partial charge < -0.3 is 10.1 Å². The topological polar surface area (TPSA) is 75.7 Å². The molecule has 0 saturated heterocycles. The van der Waals surface area contributed by atoms with E-state index in [9.17, 15) is 13.2 Å². The minimum absolute atomic E-state index is 0.321. The molecule has 0 radical (unpaired) electrons. The number of nitrogens with zero attached hydrogens (tertiary/aromatic N) is 1. The molecule has 7 heteroatoms. The molecule has 1 atom stereocenters. The molecule has 3 rings (SSSR count). The van der Waals surface area contributed by atoms with Crippen LogP contribution in [-0.2, 0) is 14.8 Å². The molecule has 3 aromatic rings. The standard InChI is InChI=1S/C24H26N2O4S/c1-4-23(26(31(3,28)29)20-10-8-9-18(2)17-20)24(27)25-19-13-15-22(16-14-19)30-21-11-6-5-7-12-21/h5-17,23H,4H2,1-3H3,(H,25,27)/t23-/m1/s1. The van der Waals surface area contributed by atoms with Crippen molar-refractivity contribution < 1.29 is 17.9 Å². The lowest BCUT2D eigenvalue weighted by Gasteiger charge is -2.30. The SMILES string of the molecule is CC[C@H](C(=O)Nc1ccc(Oc2ccccc2)cc1)N(c1cccc(C)c1)S(C)(=O)=O. The lowest BCUT2D eigenvalue weighted by molar-refractivity contribution is -0.117. The maximum absolute atomic E-state index is 13.0. The van der Waals surface area contributed by atoms with Gasteiger partial charge in [-0.1, -0.05) is 37.3 Å². The normalized spacial score (nSPS) is 12.1. The number of hydrogen-bond donors (Lipinski definition) is 1. The van der Waals surface area contributed by atoms with Crippen LogP contribution >= 0.6 is 0 Å². The highest BCUT2D eigenvalue weighted by molar-refractivity contribution is 7.92. The van der Waals surface area contributed by atoms with E-state index in [1.807, 2.05) is 43.3 Å². The molecule has 0 heterocycles. The predicted octanol–water partition coefficient (Wildman–Crippen LogP) is 4.97. The zero-order valence-corrected chi connectivity index (χ0v) is 18.6. The quantitative estimate of drug-likeness (QED) is 0.539. The van der Waals surface area contributed by atoms with Gasteiger partial charge in [0.1, 0.15) is 17.5 Å². The minimum atomic E-state index is -3.67. The Bertz CT molecular complexity index is 1130. The summed E-state index contributed by atoms with van der Waals surface area (Å²) in [5.74, 6) is 0.951. The van der Waals surface area contributed by atoms with Gasteiger partial charge in [-0.15, -0.1) is 0 Å². The van der Waals surface area contributed by atoms with Gasteiger partial charge in [0.2, 0.25) is 15.9 Å². The number of carbonyl (C=O) groups excluding carboxylic acids is 1. The number of anilines is 2. The van der Waals surface area contributed by atoms with E-state index in [2.05, 4.69) is 5.32 Å². The molecule has 3 aromatic carbocycles. The Morgan fingerprint density at radius 1 is 0.968 bits per heavy atom. The van der Waals surface area contributed by atoms with E-state index in [0.29, 0.717) is 29.3 Å². The predicted molar refractivity (Wildman–Crippen MR) is 124 cm³/mol. The van der Waals surface area contributed by atoms with E-state index in [1.54, 1.807) is 49.4 Å². The van der Waals surface area contributed by atoms with E-state index in [1.165, 1.54) is 4.31 Å². The number of rotatable bonds is 8. The number of hydrogen-bond acceptors (Lipinski definition) is 4. The van der Waals surface area contributed by atoms with Crippen LogP contribution in [0.4, 0.5) is 11.4 Å². The van der Waals surface area contributed by atoms with E-state index in [0.717, 1.165) is 11.8 Å². The highest BCUT2D eigenvalue weighted by Crippen LogP contribution is 2.26. The first kappa shape index (κ1) is 22.4.